The highest BCUT2D eigenvalue weighted by molar-refractivity contribution is 5.35. The maximum atomic E-state index is 13.4. The van der Waals surface area contributed by atoms with Crippen LogP contribution in [0.2, 0.25) is 0 Å². The van der Waals surface area contributed by atoms with Crippen LogP contribution in [-0.2, 0) is 13.0 Å². The summed E-state index contributed by atoms with van der Waals surface area (Å²) in [5, 5.41) is 18.3. The molecule has 0 saturated carbocycles. The molecule has 0 spiro atoms. The van der Waals surface area contributed by atoms with Crippen molar-refractivity contribution in [2.75, 3.05) is 6.54 Å². The number of aromatic nitrogens is 3. The smallest absolute Gasteiger partial charge is 0.304 e. The van der Waals surface area contributed by atoms with Gasteiger partial charge in [0.15, 0.2) is 0 Å². The number of halogens is 1. The molecule has 7 nitrogen and oxygen atoms in total. The summed E-state index contributed by atoms with van der Waals surface area (Å²) in [6, 6.07) is 3.76. The zero-order valence-electron chi connectivity index (χ0n) is 9.99. The van der Waals surface area contributed by atoms with Crippen LogP contribution in [0, 0.1) is 15.9 Å². The quantitative estimate of drug-likeness (QED) is 0.638. The molecule has 2 N–H and O–H groups in total. The van der Waals surface area contributed by atoms with E-state index in [1.54, 1.807) is 6.20 Å². The molecule has 1 aromatic heterocycles. The Morgan fingerprint density at radius 2 is 2.26 bits per heavy atom. The van der Waals surface area contributed by atoms with E-state index in [2.05, 4.69) is 10.3 Å². The molecule has 0 amide bonds. The monoisotopic (exact) mass is 265 g/mol. The van der Waals surface area contributed by atoms with E-state index in [0.29, 0.717) is 25.1 Å². The summed E-state index contributed by atoms with van der Waals surface area (Å²) in [6.45, 7) is 0.775. The lowest BCUT2D eigenvalue weighted by atomic mass is 10.2. The molecule has 0 aliphatic carbocycles. The average Bonchev–Trinajstić information content (AvgIpc) is 2.76. The van der Waals surface area contributed by atoms with E-state index in [1.165, 1.54) is 10.7 Å². The zero-order valence-corrected chi connectivity index (χ0v) is 9.99. The number of benzene rings is 1. The molecular weight excluding hydrogens is 253 g/mol. The van der Waals surface area contributed by atoms with Crippen molar-refractivity contribution in [3.05, 3.63) is 51.6 Å². The molecule has 0 unspecified atom stereocenters. The topological polar surface area (TPSA) is 99.9 Å². The van der Waals surface area contributed by atoms with Gasteiger partial charge in [0.25, 0.3) is 0 Å². The largest absolute Gasteiger partial charge is 0.330 e. The fourth-order valence-electron chi connectivity index (χ4n) is 1.66. The molecular formula is C11H12FN5O2. The van der Waals surface area contributed by atoms with E-state index < -0.39 is 16.4 Å². The number of rotatable bonds is 5. The van der Waals surface area contributed by atoms with Gasteiger partial charge in [0.1, 0.15) is 0 Å². The van der Waals surface area contributed by atoms with Crippen LogP contribution in [0.1, 0.15) is 11.3 Å². The van der Waals surface area contributed by atoms with Gasteiger partial charge in [0, 0.05) is 18.7 Å². The van der Waals surface area contributed by atoms with Crippen molar-refractivity contribution in [1.82, 2.24) is 15.0 Å². The highest BCUT2D eigenvalue weighted by atomic mass is 19.1. The Labute approximate surface area is 108 Å². The standard InChI is InChI=1S/C11H12FN5O2/c12-10-5-8(1-2-11(10)17(18)19)6-16-7-9(3-4-13)14-15-16/h1-2,5,7H,3-4,6,13H2. The Bertz CT molecular complexity index is 599. The lowest BCUT2D eigenvalue weighted by molar-refractivity contribution is -0.387. The minimum Gasteiger partial charge on any atom is -0.330 e. The predicted octanol–water partition coefficient (Wildman–Crippen LogP) is 0.875. The molecule has 8 heteroatoms. The van der Waals surface area contributed by atoms with Gasteiger partial charge >= 0.3 is 5.69 Å². The maximum absolute atomic E-state index is 13.4. The average molecular weight is 265 g/mol. The van der Waals surface area contributed by atoms with Crippen LogP contribution in [0.5, 0.6) is 0 Å². The molecule has 1 aromatic carbocycles. The van der Waals surface area contributed by atoms with E-state index in [1.807, 2.05) is 0 Å². The van der Waals surface area contributed by atoms with Gasteiger partial charge in [-0.25, -0.2) is 4.68 Å². The molecule has 0 aliphatic heterocycles. The van der Waals surface area contributed by atoms with Crippen LogP contribution in [0.3, 0.4) is 0 Å². The second kappa shape index (κ2) is 5.53. The number of nitrogens with zero attached hydrogens (tertiary/aromatic N) is 4. The van der Waals surface area contributed by atoms with Crippen LogP contribution in [-0.4, -0.2) is 26.5 Å². The Kier molecular flexibility index (Phi) is 3.81. The Morgan fingerprint density at radius 1 is 1.47 bits per heavy atom. The third-order valence-corrected chi connectivity index (χ3v) is 2.54. The van der Waals surface area contributed by atoms with Crippen molar-refractivity contribution in [2.24, 2.45) is 5.73 Å². The Balaban J connectivity index is 2.14. The van der Waals surface area contributed by atoms with Crippen molar-refractivity contribution >= 4 is 5.69 Å². The molecule has 100 valence electrons. The van der Waals surface area contributed by atoms with Gasteiger partial charge in [-0.05, 0) is 18.2 Å². The highest BCUT2D eigenvalue weighted by Crippen LogP contribution is 2.18. The van der Waals surface area contributed by atoms with E-state index in [4.69, 9.17) is 5.73 Å². The second-order valence-electron chi connectivity index (χ2n) is 3.99. The van der Waals surface area contributed by atoms with Crippen molar-refractivity contribution in [2.45, 2.75) is 13.0 Å². The van der Waals surface area contributed by atoms with Gasteiger partial charge in [0.2, 0.25) is 5.82 Å². The molecule has 0 radical (unpaired) electrons. The van der Waals surface area contributed by atoms with Crippen LogP contribution >= 0.6 is 0 Å². The van der Waals surface area contributed by atoms with Crippen molar-refractivity contribution in [3.8, 4) is 0 Å². The van der Waals surface area contributed by atoms with Gasteiger partial charge in [-0.2, -0.15) is 4.39 Å². The maximum Gasteiger partial charge on any atom is 0.304 e. The first-order valence-corrected chi connectivity index (χ1v) is 5.62. The number of nitro groups is 1. The van der Waals surface area contributed by atoms with Gasteiger partial charge in [-0.1, -0.05) is 11.3 Å². The molecule has 19 heavy (non-hydrogen) atoms. The molecule has 0 bridgehead atoms. The van der Waals surface area contributed by atoms with E-state index in [9.17, 15) is 14.5 Å². The normalized spacial score (nSPS) is 10.6. The summed E-state index contributed by atoms with van der Waals surface area (Å²) in [5.41, 5.74) is 6.19. The molecule has 0 aliphatic rings. The van der Waals surface area contributed by atoms with Crippen LogP contribution < -0.4 is 5.73 Å². The molecule has 0 atom stereocenters. The van der Waals surface area contributed by atoms with E-state index in [-0.39, 0.29) is 0 Å². The first kappa shape index (κ1) is 13.1. The third-order valence-electron chi connectivity index (χ3n) is 2.54. The summed E-state index contributed by atoms with van der Waals surface area (Å²) in [6.07, 6.45) is 2.33. The number of hydrogen-bond acceptors (Lipinski definition) is 5. The van der Waals surface area contributed by atoms with Crippen LogP contribution in [0.25, 0.3) is 0 Å². The number of nitrogens with two attached hydrogens (primary N) is 1. The van der Waals surface area contributed by atoms with Crippen molar-refractivity contribution in [1.29, 1.82) is 0 Å². The van der Waals surface area contributed by atoms with Gasteiger partial charge in [-0.15, -0.1) is 5.10 Å². The number of hydrogen-bond donors (Lipinski definition) is 1. The molecule has 0 saturated heterocycles. The zero-order chi connectivity index (χ0) is 13.8. The molecule has 2 rings (SSSR count). The van der Waals surface area contributed by atoms with Crippen molar-refractivity contribution < 1.29 is 9.31 Å². The third kappa shape index (κ3) is 3.10. The summed E-state index contributed by atoms with van der Waals surface area (Å²) in [7, 11) is 0. The summed E-state index contributed by atoms with van der Waals surface area (Å²) in [5.74, 6) is -0.857. The predicted molar refractivity (Wildman–Crippen MR) is 64.9 cm³/mol. The molecule has 0 fully saturated rings. The Hall–Kier alpha value is -2.35. The highest BCUT2D eigenvalue weighted by Gasteiger charge is 2.14. The number of nitro benzene ring substituents is 1. The minimum atomic E-state index is -0.857. The van der Waals surface area contributed by atoms with Crippen molar-refractivity contribution in [3.63, 3.8) is 0 Å². The van der Waals surface area contributed by atoms with Gasteiger partial charge in [0.05, 0.1) is 17.2 Å². The summed E-state index contributed by atoms with van der Waals surface area (Å²) in [4.78, 5) is 9.74. The fraction of sp³-hybridized carbons (Fsp3) is 0.273. The van der Waals surface area contributed by atoms with Gasteiger partial charge < -0.3 is 5.73 Å². The second-order valence-corrected chi connectivity index (χ2v) is 3.99. The lowest BCUT2D eigenvalue weighted by Crippen LogP contribution is -2.03. The first-order valence-electron chi connectivity index (χ1n) is 5.62. The van der Waals surface area contributed by atoms with Crippen LogP contribution in [0.4, 0.5) is 10.1 Å². The fourth-order valence-corrected chi connectivity index (χ4v) is 1.66. The Morgan fingerprint density at radius 3 is 2.89 bits per heavy atom. The summed E-state index contributed by atoms with van der Waals surface area (Å²) < 4.78 is 15.0. The molecule has 1 heterocycles. The van der Waals surface area contributed by atoms with Crippen LogP contribution in [0.15, 0.2) is 24.4 Å². The van der Waals surface area contributed by atoms with E-state index >= 15 is 0 Å². The van der Waals surface area contributed by atoms with E-state index in [0.717, 1.165) is 17.8 Å². The SMILES string of the molecule is NCCc1cn(Cc2ccc([N+](=O)[O-])c(F)c2)nn1. The summed E-state index contributed by atoms with van der Waals surface area (Å²) >= 11 is 0. The minimum absolute atomic E-state index is 0.298. The molecule has 2 aromatic rings. The first-order chi connectivity index (χ1) is 9.10. The van der Waals surface area contributed by atoms with Gasteiger partial charge in [-0.3, -0.25) is 10.1 Å². The lowest BCUT2D eigenvalue weighted by Gasteiger charge is -2.01.